The number of amides is 1. The van der Waals surface area contributed by atoms with Crippen LogP contribution in [0.2, 0.25) is 5.02 Å². The van der Waals surface area contributed by atoms with Crippen LogP contribution in [0.5, 0.6) is 0 Å². The van der Waals surface area contributed by atoms with Gasteiger partial charge in [-0.1, -0.05) is 23.7 Å². The van der Waals surface area contributed by atoms with E-state index in [1.54, 1.807) is 18.3 Å². The quantitative estimate of drug-likeness (QED) is 0.841. The molecule has 1 unspecified atom stereocenters. The Balaban J connectivity index is 1.86. The van der Waals surface area contributed by atoms with Crippen molar-refractivity contribution in [1.29, 1.82) is 0 Å². The van der Waals surface area contributed by atoms with Crippen LogP contribution in [-0.4, -0.2) is 23.6 Å². The van der Waals surface area contributed by atoms with Crippen molar-refractivity contribution in [2.45, 2.75) is 32.9 Å². The number of carbonyl (C=O) groups is 1. The smallest absolute Gasteiger partial charge is 0.249 e. The number of benzene rings is 1. The highest BCUT2D eigenvalue weighted by Gasteiger charge is 2.12. The Bertz CT molecular complexity index is 613. The molecule has 6 heteroatoms. The maximum absolute atomic E-state index is 11.8. The summed E-state index contributed by atoms with van der Waals surface area (Å²) in [6.45, 7) is 4.56. The van der Waals surface area contributed by atoms with E-state index >= 15 is 0 Å². The fraction of sp³-hybridized carbons (Fsp3) is 0.375. The zero-order valence-corrected chi connectivity index (χ0v) is 14.2. The number of carbonyl (C=O) groups excluding carboxylic acids is 1. The van der Waals surface area contributed by atoms with Crippen LogP contribution in [0, 0.1) is 0 Å². The number of rotatable bonds is 7. The molecule has 0 aliphatic rings. The third-order valence-corrected chi connectivity index (χ3v) is 4.25. The Labute approximate surface area is 139 Å². The second kappa shape index (κ2) is 8.27. The first-order chi connectivity index (χ1) is 10.6. The molecule has 1 N–H and O–H groups in total. The second-order valence-electron chi connectivity index (χ2n) is 4.85. The summed E-state index contributed by atoms with van der Waals surface area (Å²) in [5.74, 6) is -0.117. The van der Waals surface area contributed by atoms with Gasteiger partial charge in [0.05, 0.1) is 17.2 Å². The highest BCUT2D eigenvalue weighted by molar-refractivity contribution is 7.09. The second-order valence-corrected chi connectivity index (χ2v) is 6.23. The summed E-state index contributed by atoms with van der Waals surface area (Å²) in [5.41, 5.74) is 2.03. The van der Waals surface area contributed by atoms with Crippen LogP contribution < -0.4 is 5.32 Å². The maximum Gasteiger partial charge on any atom is 0.249 e. The topological polar surface area (TPSA) is 51.2 Å². The highest BCUT2D eigenvalue weighted by Crippen LogP contribution is 2.17. The molecule has 1 atom stereocenters. The third-order valence-electron chi connectivity index (χ3n) is 3.10. The summed E-state index contributed by atoms with van der Waals surface area (Å²) in [6.07, 6.45) is 0.336. The summed E-state index contributed by atoms with van der Waals surface area (Å²) in [6, 6.07) is 7.74. The van der Waals surface area contributed by atoms with Gasteiger partial charge in [-0.25, -0.2) is 4.98 Å². The predicted octanol–water partition coefficient (Wildman–Crippen LogP) is 3.43. The number of hydrogen-bond donors (Lipinski definition) is 1. The number of halogens is 1. The van der Waals surface area contributed by atoms with Crippen molar-refractivity contribution >= 4 is 28.8 Å². The lowest BCUT2D eigenvalue weighted by atomic mass is 10.2. The van der Waals surface area contributed by atoms with E-state index in [1.165, 1.54) is 5.56 Å². The zero-order chi connectivity index (χ0) is 15.9. The summed E-state index contributed by atoms with van der Waals surface area (Å²) in [5, 5.41) is 6.55. The van der Waals surface area contributed by atoms with Crippen LogP contribution in [-0.2, 0) is 22.5 Å². The van der Waals surface area contributed by atoms with Crippen molar-refractivity contribution in [3.63, 3.8) is 0 Å². The summed E-state index contributed by atoms with van der Waals surface area (Å²) >= 11 is 7.47. The fourth-order valence-corrected chi connectivity index (χ4v) is 2.89. The first-order valence-corrected chi connectivity index (χ1v) is 8.41. The van der Waals surface area contributed by atoms with Gasteiger partial charge < -0.3 is 10.1 Å². The van der Waals surface area contributed by atoms with Gasteiger partial charge in [0.25, 0.3) is 0 Å². The molecular formula is C16H19ClN2O2S. The molecule has 0 aliphatic carbocycles. The number of thiazole rings is 1. The largest absolute Gasteiger partial charge is 0.369 e. The standard InChI is InChI=1S/C16H19ClN2O2S/c1-3-21-11(2)16(20)18-9-14-10-22-15(19-14)8-12-4-6-13(17)7-5-12/h4-7,10-11H,3,8-9H2,1-2H3,(H,18,20). The van der Waals surface area contributed by atoms with Gasteiger partial charge in [-0.2, -0.15) is 0 Å². The molecule has 0 spiro atoms. The van der Waals surface area contributed by atoms with Crippen LogP contribution in [0.25, 0.3) is 0 Å². The number of aromatic nitrogens is 1. The van der Waals surface area contributed by atoms with Gasteiger partial charge in [0.15, 0.2) is 0 Å². The molecule has 0 saturated carbocycles. The monoisotopic (exact) mass is 338 g/mol. The van der Waals surface area contributed by atoms with E-state index in [0.29, 0.717) is 13.2 Å². The van der Waals surface area contributed by atoms with Crippen molar-refractivity contribution in [3.8, 4) is 0 Å². The molecule has 118 valence electrons. The van der Waals surface area contributed by atoms with E-state index in [2.05, 4.69) is 10.3 Å². The van der Waals surface area contributed by atoms with Gasteiger partial charge in [-0.3, -0.25) is 4.79 Å². The van der Waals surface area contributed by atoms with E-state index in [4.69, 9.17) is 16.3 Å². The summed E-state index contributed by atoms with van der Waals surface area (Å²) < 4.78 is 5.25. The lowest BCUT2D eigenvalue weighted by Crippen LogP contribution is -2.34. The predicted molar refractivity (Wildman–Crippen MR) is 89.3 cm³/mol. The zero-order valence-electron chi connectivity index (χ0n) is 12.6. The molecule has 22 heavy (non-hydrogen) atoms. The molecule has 2 aromatic rings. The Morgan fingerprint density at radius 3 is 2.82 bits per heavy atom. The average molecular weight is 339 g/mol. The van der Waals surface area contributed by atoms with Crippen LogP contribution in [0.15, 0.2) is 29.6 Å². The van der Waals surface area contributed by atoms with Crippen LogP contribution in [0.4, 0.5) is 0 Å². The van der Waals surface area contributed by atoms with E-state index in [0.717, 1.165) is 22.1 Å². The lowest BCUT2D eigenvalue weighted by Gasteiger charge is -2.10. The molecule has 2 rings (SSSR count). The van der Waals surface area contributed by atoms with Crippen molar-refractivity contribution in [2.75, 3.05) is 6.61 Å². The number of ether oxygens (including phenoxy) is 1. The van der Waals surface area contributed by atoms with Crippen molar-refractivity contribution in [2.24, 2.45) is 0 Å². The molecule has 1 amide bonds. The molecule has 0 saturated heterocycles. The van der Waals surface area contributed by atoms with Gasteiger partial charge in [-0.15, -0.1) is 11.3 Å². The van der Waals surface area contributed by atoms with Gasteiger partial charge >= 0.3 is 0 Å². The first kappa shape index (κ1) is 16.9. The van der Waals surface area contributed by atoms with Crippen molar-refractivity contribution in [3.05, 3.63) is 50.9 Å². The molecule has 1 aromatic carbocycles. The minimum atomic E-state index is -0.433. The molecule has 1 heterocycles. The summed E-state index contributed by atoms with van der Waals surface area (Å²) in [4.78, 5) is 16.3. The van der Waals surface area contributed by atoms with E-state index in [9.17, 15) is 4.79 Å². The highest BCUT2D eigenvalue weighted by atomic mass is 35.5. The van der Waals surface area contributed by atoms with Crippen molar-refractivity contribution in [1.82, 2.24) is 10.3 Å². The molecule has 4 nitrogen and oxygen atoms in total. The van der Waals surface area contributed by atoms with E-state index < -0.39 is 6.10 Å². The van der Waals surface area contributed by atoms with Gasteiger partial charge in [-0.05, 0) is 31.5 Å². The Morgan fingerprint density at radius 1 is 1.41 bits per heavy atom. The molecule has 0 aliphatic heterocycles. The Kier molecular flexibility index (Phi) is 6.36. The van der Waals surface area contributed by atoms with Gasteiger partial charge in [0.1, 0.15) is 6.10 Å². The SMILES string of the molecule is CCOC(C)C(=O)NCc1csc(Cc2ccc(Cl)cc2)n1. The van der Waals surface area contributed by atoms with E-state index in [-0.39, 0.29) is 5.91 Å². The van der Waals surface area contributed by atoms with Gasteiger partial charge in [0.2, 0.25) is 5.91 Å². The fourth-order valence-electron chi connectivity index (χ4n) is 1.94. The molecule has 1 aromatic heterocycles. The van der Waals surface area contributed by atoms with Gasteiger partial charge in [0, 0.05) is 23.4 Å². The Hall–Kier alpha value is -1.43. The third kappa shape index (κ3) is 5.09. The molecule has 0 bridgehead atoms. The summed E-state index contributed by atoms with van der Waals surface area (Å²) in [7, 11) is 0. The molecule has 0 fully saturated rings. The minimum Gasteiger partial charge on any atom is -0.369 e. The Morgan fingerprint density at radius 2 is 2.14 bits per heavy atom. The number of hydrogen-bond acceptors (Lipinski definition) is 4. The van der Waals surface area contributed by atoms with Crippen LogP contribution >= 0.6 is 22.9 Å². The molecular weight excluding hydrogens is 320 g/mol. The minimum absolute atomic E-state index is 0.117. The van der Waals surface area contributed by atoms with Crippen molar-refractivity contribution < 1.29 is 9.53 Å². The molecule has 0 radical (unpaired) electrons. The van der Waals surface area contributed by atoms with Crippen LogP contribution in [0.3, 0.4) is 0 Å². The van der Waals surface area contributed by atoms with E-state index in [1.807, 2.05) is 36.6 Å². The average Bonchev–Trinajstić information content (AvgIpc) is 2.95. The number of nitrogens with zero attached hydrogens (tertiary/aromatic N) is 1. The lowest BCUT2D eigenvalue weighted by molar-refractivity contribution is -0.131. The number of nitrogens with one attached hydrogen (secondary N) is 1. The van der Waals surface area contributed by atoms with Crippen LogP contribution in [0.1, 0.15) is 30.1 Å². The maximum atomic E-state index is 11.8. The normalized spacial score (nSPS) is 12.1. The first-order valence-electron chi connectivity index (χ1n) is 7.15.